The monoisotopic (exact) mass is 277 g/mol. The molecule has 0 bridgehead atoms. The fourth-order valence-corrected chi connectivity index (χ4v) is 1.72. The van der Waals surface area contributed by atoms with Crippen LogP contribution in [0.1, 0.15) is 18.1 Å². The fraction of sp³-hybridized carbons (Fsp3) is 0.500. The first-order valence-electron chi connectivity index (χ1n) is 5.48. The minimum Gasteiger partial charge on any atom is -0.387 e. The van der Waals surface area contributed by atoms with Gasteiger partial charge in [0.2, 0.25) is 0 Å². The van der Waals surface area contributed by atoms with Gasteiger partial charge in [0.05, 0.1) is 16.1 Å². The first-order valence-corrected chi connectivity index (χ1v) is 6.23. The molecule has 0 aliphatic heterocycles. The van der Waals surface area contributed by atoms with Crippen LogP contribution in [0.25, 0.3) is 0 Å². The lowest BCUT2D eigenvalue weighted by atomic mass is 10.1. The van der Waals surface area contributed by atoms with Crippen LogP contribution in [0.15, 0.2) is 18.2 Å². The van der Waals surface area contributed by atoms with Crippen LogP contribution >= 0.6 is 23.2 Å². The zero-order valence-corrected chi connectivity index (χ0v) is 11.3. The van der Waals surface area contributed by atoms with Gasteiger partial charge in [-0.2, -0.15) is 0 Å². The third-order valence-electron chi connectivity index (χ3n) is 2.37. The molecule has 1 aromatic carbocycles. The molecule has 1 unspecified atom stereocenters. The Kier molecular flexibility index (Phi) is 6.85. The molecule has 0 amide bonds. The largest absolute Gasteiger partial charge is 0.387 e. The molecule has 0 saturated heterocycles. The van der Waals surface area contributed by atoms with Crippen LogP contribution in [-0.2, 0) is 4.74 Å². The van der Waals surface area contributed by atoms with E-state index in [0.29, 0.717) is 16.6 Å². The van der Waals surface area contributed by atoms with Gasteiger partial charge in [-0.1, -0.05) is 29.3 Å². The Morgan fingerprint density at radius 1 is 1.35 bits per heavy atom. The van der Waals surface area contributed by atoms with Crippen LogP contribution in [0.5, 0.6) is 0 Å². The minimum atomic E-state index is -0.577. The van der Waals surface area contributed by atoms with Crippen LogP contribution in [0, 0.1) is 0 Å². The third kappa shape index (κ3) is 5.23. The maximum Gasteiger partial charge on any atom is 0.0914 e. The summed E-state index contributed by atoms with van der Waals surface area (Å²) in [6, 6.07) is 5.15. The lowest BCUT2D eigenvalue weighted by molar-refractivity contribution is 0.168. The van der Waals surface area contributed by atoms with Gasteiger partial charge in [-0.05, 0) is 30.7 Å². The molecule has 0 heterocycles. The summed E-state index contributed by atoms with van der Waals surface area (Å²) in [5.74, 6) is 0. The molecule has 5 heteroatoms. The van der Waals surface area contributed by atoms with Crippen molar-refractivity contribution >= 4 is 23.2 Å². The van der Waals surface area contributed by atoms with E-state index in [-0.39, 0.29) is 0 Å². The topological polar surface area (TPSA) is 41.5 Å². The zero-order chi connectivity index (χ0) is 12.7. The normalized spacial score (nSPS) is 12.7. The standard InChI is InChI=1S/C12H17Cl2NO2/c1-17-6-2-5-15-8-12(16)9-3-4-10(13)11(14)7-9/h3-4,7,12,15-16H,2,5-6,8H2,1H3. The van der Waals surface area contributed by atoms with E-state index in [4.69, 9.17) is 27.9 Å². The van der Waals surface area contributed by atoms with Crippen molar-refractivity contribution in [2.24, 2.45) is 0 Å². The zero-order valence-electron chi connectivity index (χ0n) is 9.75. The Balaban J connectivity index is 2.36. The summed E-state index contributed by atoms with van der Waals surface area (Å²) in [7, 11) is 1.67. The van der Waals surface area contributed by atoms with E-state index in [1.165, 1.54) is 0 Å². The first-order chi connectivity index (χ1) is 8.15. The molecule has 96 valence electrons. The van der Waals surface area contributed by atoms with Crippen molar-refractivity contribution in [3.63, 3.8) is 0 Å². The number of rotatable bonds is 7. The van der Waals surface area contributed by atoms with Crippen molar-refractivity contribution in [3.8, 4) is 0 Å². The van der Waals surface area contributed by atoms with Gasteiger partial charge in [-0.15, -0.1) is 0 Å². The molecular weight excluding hydrogens is 261 g/mol. The van der Waals surface area contributed by atoms with Gasteiger partial charge < -0.3 is 15.2 Å². The molecule has 1 rings (SSSR count). The van der Waals surface area contributed by atoms with E-state index in [1.54, 1.807) is 25.3 Å². The summed E-state index contributed by atoms with van der Waals surface area (Å²) in [6.07, 6.45) is 0.345. The molecule has 0 spiro atoms. The number of benzene rings is 1. The van der Waals surface area contributed by atoms with E-state index < -0.39 is 6.10 Å². The van der Waals surface area contributed by atoms with Crippen LogP contribution < -0.4 is 5.32 Å². The summed E-state index contributed by atoms with van der Waals surface area (Å²) in [4.78, 5) is 0. The molecule has 1 aromatic rings. The molecule has 0 aliphatic carbocycles. The summed E-state index contributed by atoms with van der Waals surface area (Å²) >= 11 is 11.7. The van der Waals surface area contributed by atoms with Gasteiger partial charge in [-0.3, -0.25) is 0 Å². The summed E-state index contributed by atoms with van der Waals surface area (Å²) in [5, 5.41) is 14.0. The number of methoxy groups -OCH3 is 1. The summed E-state index contributed by atoms with van der Waals surface area (Å²) in [5.41, 5.74) is 0.763. The van der Waals surface area contributed by atoms with Crippen LogP contribution in [0.4, 0.5) is 0 Å². The third-order valence-corrected chi connectivity index (χ3v) is 3.11. The van der Waals surface area contributed by atoms with Crippen molar-refractivity contribution in [1.29, 1.82) is 0 Å². The Hall–Kier alpha value is -0.320. The average molecular weight is 278 g/mol. The summed E-state index contributed by atoms with van der Waals surface area (Å²) < 4.78 is 4.93. The molecule has 0 radical (unpaired) electrons. The highest BCUT2D eigenvalue weighted by molar-refractivity contribution is 6.42. The highest BCUT2D eigenvalue weighted by Gasteiger charge is 2.08. The molecule has 0 fully saturated rings. The van der Waals surface area contributed by atoms with Crippen molar-refractivity contribution in [2.45, 2.75) is 12.5 Å². The molecule has 0 saturated carbocycles. The maximum atomic E-state index is 9.90. The van der Waals surface area contributed by atoms with Gasteiger partial charge in [-0.25, -0.2) is 0 Å². The Bertz CT molecular complexity index is 347. The molecule has 0 aromatic heterocycles. The Labute approximate surface area is 112 Å². The lowest BCUT2D eigenvalue weighted by Gasteiger charge is -2.12. The number of hydrogen-bond acceptors (Lipinski definition) is 3. The van der Waals surface area contributed by atoms with Crippen LogP contribution in [0.2, 0.25) is 10.0 Å². The molecule has 1 atom stereocenters. The number of halogens is 2. The maximum absolute atomic E-state index is 9.90. The second-order valence-electron chi connectivity index (χ2n) is 3.74. The fourth-order valence-electron chi connectivity index (χ4n) is 1.42. The van der Waals surface area contributed by atoms with E-state index in [9.17, 15) is 5.11 Å². The predicted octanol–water partition coefficient (Wildman–Crippen LogP) is 2.65. The number of hydrogen-bond donors (Lipinski definition) is 2. The van der Waals surface area contributed by atoms with Gasteiger partial charge in [0.25, 0.3) is 0 Å². The van der Waals surface area contributed by atoms with E-state index in [2.05, 4.69) is 5.32 Å². The first kappa shape index (κ1) is 14.7. The van der Waals surface area contributed by atoms with Crippen molar-refractivity contribution in [1.82, 2.24) is 5.32 Å². The Morgan fingerprint density at radius 3 is 2.76 bits per heavy atom. The highest BCUT2D eigenvalue weighted by Crippen LogP contribution is 2.25. The number of aliphatic hydroxyl groups excluding tert-OH is 1. The molecule has 3 nitrogen and oxygen atoms in total. The minimum absolute atomic E-state index is 0.461. The van der Waals surface area contributed by atoms with Gasteiger partial charge in [0, 0.05) is 20.3 Å². The second-order valence-corrected chi connectivity index (χ2v) is 4.55. The molecule has 0 aliphatic rings. The van der Waals surface area contributed by atoms with Crippen molar-refractivity contribution in [3.05, 3.63) is 33.8 Å². The number of aliphatic hydroxyl groups is 1. The molecule has 2 N–H and O–H groups in total. The van der Waals surface area contributed by atoms with Crippen molar-refractivity contribution in [2.75, 3.05) is 26.8 Å². The lowest BCUT2D eigenvalue weighted by Crippen LogP contribution is -2.23. The predicted molar refractivity (Wildman–Crippen MR) is 70.8 cm³/mol. The van der Waals surface area contributed by atoms with Gasteiger partial charge >= 0.3 is 0 Å². The number of nitrogens with one attached hydrogen (secondary N) is 1. The molecular formula is C12H17Cl2NO2. The van der Waals surface area contributed by atoms with Crippen molar-refractivity contribution < 1.29 is 9.84 Å². The van der Waals surface area contributed by atoms with Crippen LogP contribution in [-0.4, -0.2) is 31.9 Å². The quantitative estimate of drug-likeness (QED) is 0.753. The molecule has 17 heavy (non-hydrogen) atoms. The van der Waals surface area contributed by atoms with E-state index in [0.717, 1.165) is 25.1 Å². The second kappa shape index (κ2) is 7.90. The van der Waals surface area contributed by atoms with Gasteiger partial charge in [0.15, 0.2) is 0 Å². The smallest absolute Gasteiger partial charge is 0.0914 e. The Morgan fingerprint density at radius 2 is 2.12 bits per heavy atom. The SMILES string of the molecule is COCCCNCC(O)c1ccc(Cl)c(Cl)c1. The van der Waals surface area contributed by atoms with Crippen LogP contribution in [0.3, 0.4) is 0 Å². The highest BCUT2D eigenvalue weighted by atomic mass is 35.5. The summed E-state index contributed by atoms with van der Waals surface area (Å²) in [6.45, 7) is 2.02. The average Bonchev–Trinajstić information content (AvgIpc) is 2.32. The van der Waals surface area contributed by atoms with E-state index >= 15 is 0 Å². The number of ether oxygens (including phenoxy) is 1. The van der Waals surface area contributed by atoms with Gasteiger partial charge in [0.1, 0.15) is 0 Å². The van der Waals surface area contributed by atoms with E-state index in [1.807, 2.05) is 0 Å².